The average Bonchev–Trinajstić information content (AvgIpc) is 2.69. The molecule has 0 spiro atoms. The van der Waals surface area contributed by atoms with Crippen molar-refractivity contribution in [3.05, 3.63) is 41.7 Å². The summed E-state index contributed by atoms with van der Waals surface area (Å²) in [7, 11) is 0. The number of halogens is 1. The van der Waals surface area contributed by atoms with E-state index in [-0.39, 0.29) is 5.56 Å². The van der Waals surface area contributed by atoms with Crippen LogP contribution in [0.3, 0.4) is 0 Å². The highest BCUT2D eigenvalue weighted by Gasteiger charge is 2.20. The molecule has 0 bridgehead atoms. The van der Waals surface area contributed by atoms with E-state index in [9.17, 15) is 9.18 Å². The lowest BCUT2D eigenvalue weighted by Crippen LogP contribution is -2.22. The summed E-state index contributed by atoms with van der Waals surface area (Å²) in [6.45, 7) is 1.26. The number of aromatic carboxylic acids is 1. The highest BCUT2D eigenvalue weighted by Crippen LogP contribution is 2.24. The van der Waals surface area contributed by atoms with Gasteiger partial charge in [-0.3, -0.25) is 0 Å². The van der Waals surface area contributed by atoms with Crippen molar-refractivity contribution in [2.45, 2.75) is 0 Å². The molecule has 0 amide bonds. The number of rotatable bonds is 2. The molecule has 0 atom stereocenters. The van der Waals surface area contributed by atoms with Gasteiger partial charge in [0.25, 0.3) is 0 Å². The second kappa shape index (κ2) is 3.73. The van der Waals surface area contributed by atoms with E-state index < -0.39 is 11.8 Å². The average molecular weight is 207 g/mol. The van der Waals surface area contributed by atoms with E-state index in [1.165, 1.54) is 6.07 Å². The molecule has 0 aliphatic carbocycles. The molecule has 0 aromatic heterocycles. The van der Waals surface area contributed by atoms with Crippen LogP contribution in [0.4, 0.5) is 10.1 Å². The molecule has 1 N–H and O–H groups in total. The van der Waals surface area contributed by atoms with Crippen molar-refractivity contribution in [3.63, 3.8) is 0 Å². The Balaban J connectivity index is 2.45. The van der Waals surface area contributed by atoms with Gasteiger partial charge in [0.1, 0.15) is 11.4 Å². The third-order valence-corrected chi connectivity index (χ3v) is 2.36. The molecular formula is C11H10FNO2. The molecule has 0 saturated heterocycles. The molecule has 1 aliphatic heterocycles. The fourth-order valence-electron chi connectivity index (χ4n) is 1.66. The molecule has 0 fully saturated rings. The summed E-state index contributed by atoms with van der Waals surface area (Å²) in [5.74, 6) is -1.91. The van der Waals surface area contributed by atoms with Gasteiger partial charge >= 0.3 is 5.97 Å². The number of hydrogen-bond acceptors (Lipinski definition) is 2. The zero-order valence-electron chi connectivity index (χ0n) is 7.98. The van der Waals surface area contributed by atoms with Gasteiger partial charge in [-0.1, -0.05) is 18.2 Å². The van der Waals surface area contributed by atoms with Crippen LogP contribution in [0.5, 0.6) is 0 Å². The van der Waals surface area contributed by atoms with E-state index in [1.54, 1.807) is 6.07 Å². The Bertz CT molecular complexity index is 421. The van der Waals surface area contributed by atoms with Crippen molar-refractivity contribution < 1.29 is 14.3 Å². The number of carboxylic acid groups (broad SMARTS) is 1. The van der Waals surface area contributed by atoms with Crippen LogP contribution in [0.25, 0.3) is 0 Å². The van der Waals surface area contributed by atoms with Crippen LogP contribution >= 0.6 is 0 Å². The van der Waals surface area contributed by atoms with E-state index in [4.69, 9.17) is 5.11 Å². The maximum Gasteiger partial charge on any atom is 0.340 e. The summed E-state index contributed by atoms with van der Waals surface area (Å²) in [6.07, 6.45) is 3.85. The minimum absolute atomic E-state index is 0.249. The number of benzene rings is 1. The van der Waals surface area contributed by atoms with Crippen molar-refractivity contribution in [1.82, 2.24) is 0 Å². The lowest BCUT2D eigenvalue weighted by Gasteiger charge is -2.19. The maximum absolute atomic E-state index is 13.3. The second-order valence-corrected chi connectivity index (χ2v) is 3.32. The van der Waals surface area contributed by atoms with Gasteiger partial charge in [0.2, 0.25) is 0 Å². The minimum Gasteiger partial charge on any atom is -0.478 e. The fraction of sp³-hybridized carbons (Fsp3) is 0.182. The van der Waals surface area contributed by atoms with Crippen LogP contribution in [0.2, 0.25) is 0 Å². The van der Waals surface area contributed by atoms with Gasteiger partial charge in [0.05, 0.1) is 5.69 Å². The van der Waals surface area contributed by atoms with E-state index in [1.807, 2.05) is 17.1 Å². The Labute approximate surface area is 86.4 Å². The first-order chi connectivity index (χ1) is 7.20. The van der Waals surface area contributed by atoms with E-state index in [2.05, 4.69) is 0 Å². The van der Waals surface area contributed by atoms with Gasteiger partial charge in [-0.05, 0) is 12.1 Å². The zero-order valence-corrected chi connectivity index (χ0v) is 7.98. The summed E-state index contributed by atoms with van der Waals surface area (Å²) < 4.78 is 13.3. The molecule has 1 heterocycles. The fourth-order valence-corrected chi connectivity index (χ4v) is 1.66. The summed E-state index contributed by atoms with van der Waals surface area (Å²) in [5, 5.41) is 8.92. The largest absolute Gasteiger partial charge is 0.478 e. The molecule has 0 saturated carbocycles. The standard InChI is InChI=1S/C11H10FNO2/c12-8-4-3-5-9(10(8)11(14)15)13-6-1-2-7-13/h1-5H,6-7H2,(H,14,15). The molecule has 78 valence electrons. The van der Waals surface area contributed by atoms with Crippen LogP contribution in [0, 0.1) is 5.82 Å². The maximum atomic E-state index is 13.3. The molecule has 0 radical (unpaired) electrons. The quantitative estimate of drug-likeness (QED) is 0.753. The smallest absolute Gasteiger partial charge is 0.340 e. The SMILES string of the molecule is O=C(O)c1c(F)cccc1N1CC=CC1. The number of hydrogen-bond donors (Lipinski definition) is 1. The van der Waals surface area contributed by atoms with Crippen LogP contribution in [0.1, 0.15) is 10.4 Å². The summed E-state index contributed by atoms with van der Waals surface area (Å²) in [6, 6.07) is 4.31. The van der Waals surface area contributed by atoms with E-state index >= 15 is 0 Å². The molecular weight excluding hydrogens is 197 g/mol. The number of nitrogens with zero attached hydrogens (tertiary/aromatic N) is 1. The summed E-state index contributed by atoms with van der Waals surface area (Å²) >= 11 is 0. The summed E-state index contributed by atoms with van der Waals surface area (Å²) in [5.41, 5.74) is 0.189. The van der Waals surface area contributed by atoms with Crippen molar-refractivity contribution in [3.8, 4) is 0 Å². The predicted molar refractivity (Wildman–Crippen MR) is 54.7 cm³/mol. The minimum atomic E-state index is -1.23. The number of carbonyl (C=O) groups is 1. The van der Waals surface area contributed by atoms with Gasteiger partial charge in [-0.25, -0.2) is 9.18 Å². The monoisotopic (exact) mass is 207 g/mol. The van der Waals surface area contributed by atoms with E-state index in [0.29, 0.717) is 18.8 Å². The van der Waals surface area contributed by atoms with Crippen LogP contribution in [-0.4, -0.2) is 24.2 Å². The molecule has 0 unspecified atom stereocenters. The normalized spacial score (nSPS) is 14.6. The lowest BCUT2D eigenvalue weighted by atomic mass is 10.1. The van der Waals surface area contributed by atoms with Gasteiger partial charge in [-0.2, -0.15) is 0 Å². The first-order valence-electron chi connectivity index (χ1n) is 4.62. The lowest BCUT2D eigenvalue weighted by molar-refractivity contribution is 0.0692. The van der Waals surface area contributed by atoms with Gasteiger partial charge in [0, 0.05) is 13.1 Å². The van der Waals surface area contributed by atoms with Crippen molar-refractivity contribution in [1.29, 1.82) is 0 Å². The Morgan fingerprint density at radius 2 is 2.00 bits per heavy atom. The van der Waals surface area contributed by atoms with Gasteiger partial charge in [-0.15, -0.1) is 0 Å². The zero-order chi connectivity index (χ0) is 10.8. The van der Waals surface area contributed by atoms with Crippen LogP contribution in [0.15, 0.2) is 30.4 Å². The Hall–Kier alpha value is -1.84. The van der Waals surface area contributed by atoms with Crippen molar-refractivity contribution in [2.24, 2.45) is 0 Å². The van der Waals surface area contributed by atoms with Gasteiger partial charge < -0.3 is 10.0 Å². The van der Waals surface area contributed by atoms with Crippen molar-refractivity contribution in [2.75, 3.05) is 18.0 Å². The molecule has 1 aromatic rings. The number of carboxylic acids is 1. The molecule has 3 nitrogen and oxygen atoms in total. The molecule has 2 rings (SSSR count). The third-order valence-electron chi connectivity index (χ3n) is 2.36. The van der Waals surface area contributed by atoms with Crippen molar-refractivity contribution >= 4 is 11.7 Å². The second-order valence-electron chi connectivity index (χ2n) is 3.32. The first kappa shape index (κ1) is 9.71. The number of anilines is 1. The molecule has 1 aromatic carbocycles. The van der Waals surface area contributed by atoms with Crippen LogP contribution < -0.4 is 4.90 Å². The topological polar surface area (TPSA) is 40.5 Å². The first-order valence-corrected chi connectivity index (χ1v) is 4.62. The summed E-state index contributed by atoms with van der Waals surface area (Å²) in [4.78, 5) is 12.7. The van der Waals surface area contributed by atoms with E-state index in [0.717, 1.165) is 6.07 Å². The molecule has 15 heavy (non-hydrogen) atoms. The Kier molecular flexibility index (Phi) is 2.41. The van der Waals surface area contributed by atoms with Gasteiger partial charge in [0.15, 0.2) is 0 Å². The molecule has 1 aliphatic rings. The Morgan fingerprint density at radius 3 is 2.60 bits per heavy atom. The Morgan fingerprint density at radius 1 is 1.33 bits per heavy atom. The van der Waals surface area contributed by atoms with Crippen LogP contribution in [-0.2, 0) is 0 Å². The highest BCUT2D eigenvalue weighted by molar-refractivity contribution is 5.94. The highest BCUT2D eigenvalue weighted by atomic mass is 19.1. The molecule has 4 heteroatoms. The third kappa shape index (κ3) is 1.70. The predicted octanol–water partition coefficient (Wildman–Crippen LogP) is 1.90.